The van der Waals surface area contributed by atoms with Gasteiger partial charge in [0, 0.05) is 48.1 Å². The fourth-order valence-corrected chi connectivity index (χ4v) is 5.79. The Morgan fingerprint density at radius 2 is 1.71 bits per heavy atom. The molecular weight excluding hydrogens is 466 g/mol. The van der Waals surface area contributed by atoms with Crippen LogP contribution in [-0.4, -0.2) is 54.5 Å². The topological polar surface area (TPSA) is 79.0 Å². The van der Waals surface area contributed by atoms with Gasteiger partial charge in [0.25, 0.3) is 5.91 Å². The summed E-state index contributed by atoms with van der Waals surface area (Å²) in [4.78, 5) is 42.5. The van der Waals surface area contributed by atoms with Crippen molar-refractivity contribution >= 4 is 40.8 Å². The number of nitrogens with one attached hydrogen (secondary N) is 1. The first-order valence-electron chi connectivity index (χ1n) is 12.4. The number of esters is 1. The van der Waals surface area contributed by atoms with E-state index in [2.05, 4.69) is 10.2 Å². The summed E-state index contributed by atoms with van der Waals surface area (Å²) in [6.45, 7) is 2.65. The number of carbonyl (C=O) groups is 3. The van der Waals surface area contributed by atoms with E-state index in [9.17, 15) is 14.4 Å². The van der Waals surface area contributed by atoms with E-state index >= 15 is 0 Å². The van der Waals surface area contributed by atoms with Crippen LogP contribution in [0.15, 0.2) is 48.5 Å². The summed E-state index contributed by atoms with van der Waals surface area (Å²) in [6, 6.07) is 14.8. The summed E-state index contributed by atoms with van der Waals surface area (Å²) in [5.74, 6) is -1.06. The molecule has 2 amide bonds. The molecule has 0 unspecified atom stereocenters. The minimum Gasteiger partial charge on any atom is -0.458 e. The molecule has 8 heteroatoms. The molecular formula is C27H30ClN3O4. The fourth-order valence-electron chi connectivity index (χ4n) is 5.61. The summed E-state index contributed by atoms with van der Waals surface area (Å²) in [6.07, 6.45) is 4.61. The van der Waals surface area contributed by atoms with E-state index in [0.29, 0.717) is 29.4 Å². The number of hydrogen-bond acceptors (Lipinski definition) is 5. The Morgan fingerprint density at radius 3 is 2.46 bits per heavy atom. The van der Waals surface area contributed by atoms with Crippen molar-refractivity contribution in [3.8, 4) is 0 Å². The maximum atomic E-state index is 13.2. The highest BCUT2D eigenvalue weighted by Gasteiger charge is 2.52. The lowest BCUT2D eigenvalue weighted by Gasteiger charge is -2.36. The van der Waals surface area contributed by atoms with Crippen molar-refractivity contribution in [3.63, 3.8) is 0 Å². The number of hydrogen-bond donors (Lipinski definition) is 1. The number of rotatable bonds is 4. The third-order valence-electron chi connectivity index (χ3n) is 7.46. The summed E-state index contributed by atoms with van der Waals surface area (Å²) < 4.78 is 5.68. The molecule has 3 aliphatic rings. The zero-order valence-corrected chi connectivity index (χ0v) is 20.4. The second-order valence-corrected chi connectivity index (χ2v) is 10.1. The van der Waals surface area contributed by atoms with Crippen molar-refractivity contribution in [2.75, 3.05) is 36.4 Å². The van der Waals surface area contributed by atoms with Gasteiger partial charge in [-0.05, 0) is 62.1 Å². The Kier molecular flexibility index (Phi) is 6.69. The van der Waals surface area contributed by atoms with E-state index in [1.54, 1.807) is 24.3 Å². The van der Waals surface area contributed by atoms with Gasteiger partial charge in [0.2, 0.25) is 5.91 Å². The van der Waals surface area contributed by atoms with Gasteiger partial charge in [-0.2, -0.15) is 0 Å². The highest BCUT2D eigenvalue weighted by atomic mass is 35.5. The van der Waals surface area contributed by atoms with Gasteiger partial charge in [-0.3, -0.25) is 14.4 Å². The first-order valence-corrected chi connectivity index (χ1v) is 12.7. The minimum absolute atomic E-state index is 0.0602. The van der Waals surface area contributed by atoms with Crippen molar-refractivity contribution in [1.82, 2.24) is 4.90 Å². The van der Waals surface area contributed by atoms with E-state index < -0.39 is 11.5 Å². The van der Waals surface area contributed by atoms with Gasteiger partial charge in [-0.25, -0.2) is 0 Å². The molecule has 3 fully saturated rings. The lowest BCUT2D eigenvalue weighted by molar-refractivity contribution is -0.153. The Bertz CT molecular complexity index is 1120. The largest absolute Gasteiger partial charge is 0.458 e. The van der Waals surface area contributed by atoms with Crippen LogP contribution in [-0.2, 0) is 14.3 Å². The van der Waals surface area contributed by atoms with Crippen LogP contribution in [0.25, 0.3) is 0 Å². The molecule has 1 N–H and O–H groups in total. The highest BCUT2D eigenvalue weighted by Crippen LogP contribution is 2.44. The summed E-state index contributed by atoms with van der Waals surface area (Å²) in [5.41, 5.74) is 1.48. The van der Waals surface area contributed by atoms with E-state index in [0.717, 1.165) is 50.9 Å². The molecule has 0 radical (unpaired) electrons. The molecule has 35 heavy (non-hydrogen) atoms. The van der Waals surface area contributed by atoms with Crippen LogP contribution in [0.3, 0.4) is 0 Å². The third-order valence-corrected chi connectivity index (χ3v) is 7.69. The van der Waals surface area contributed by atoms with Crippen LogP contribution >= 0.6 is 11.6 Å². The smallest absolute Gasteiger partial charge is 0.307 e. The molecule has 1 aliphatic carbocycles. The number of halogens is 1. The summed E-state index contributed by atoms with van der Waals surface area (Å²) in [5, 5.41) is 3.64. The quantitative estimate of drug-likeness (QED) is 0.631. The number of amides is 2. The number of piperazine rings is 1. The van der Waals surface area contributed by atoms with Gasteiger partial charge in [0.05, 0.1) is 12.3 Å². The normalized spacial score (nSPS) is 21.6. The van der Waals surface area contributed by atoms with Crippen LogP contribution in [0.4, 0.5) is 11.4 Å². The standard InChI is InChI=1S/C27H30ClN3O4/c28-20-7-5-9-22(17-20)30-12-14-31(15-13-30)26(34)19-6-4-8-21(16-19)29-25(33)23-18-24(32)35-27(23)10-2-1-3-11-27/h4-9,16-17,23H,1-3,10-15,18H2,(H,29,33)/t23-/m1/s1. The summed E-state index contributed by atoms with van der Waals surface area (Å²) >= 11 is 6.12. The van der Waals surface area contributed by atoms with Crippen LogP contribution < -0.4 is 10.2 Å². The lowest BCUT2D eigenvalue weighted by atomic mass is 9.75. The van der Waals surface area contributed by atoms with Crippen LogP contribution in [0.2, 0.25) is 5.02 Å². The van der Waals surface area contributed by atoms with Crippen molar-refractivity contribution in [3.05, 3.63) is 59.1 Å². The molecule has 5 rings (SSSR count). The van der Waals surface area contributed by atoms with Gasteiger partial charge >= 0.3 is 5.97 Å². The molecule has 7 nitrogen and oxygen atoms in total. The second kappa shape index (κ2) is 9.90. The zero-order valence-electron chi connectivity index (χ0n) is 19.7. The molecule has 1 atom stereocenters. The van der Waals surface area contributed by atoms with E-state index in [1.165, 1.54) is 0 Å². The van der Waals surface area contributed by atoms with E-state index in [4.69, 9.17) is 16.3 Å². The van der Waals surface area contributed by atoms with Gasteiger partial charge in [-0.1, -0.05) is 30.2 Å². The predicted molar refractivity (Wildman–Crippen MR) is 135 cm³/mol. The molecule has 2 aromatic carbocycles. The van der Waals surface area contributed by atoms with Gasteiger partial charge < -0.3 is 19.9 Å². The molecule has 1 saturated carbocycles. The van der Waals surface area contributed by atoms with Crippen molar-refractivity contribution < 1.29 is 19.1 Å². The van der Waals surface area contributed by atoms with Gasteiger partial charge in [0.15, 0.2) is 0 Å². The van der Waals surface area contributed by atoms with Gasteiger partial charge in [0.1, 0.15) is 5.60 Å². The molecule has 2 aliphatic heterocycles. The van der Waals surface area contributed by atoms with Crippen molar-refractivity contribution in [2.45, 2.75) is 44.1 Å². The van der Waals surface area contributed by atoms with Crippen LogP contribution in [0.5, 0.6) is 0 Å². The van der Waals surface area contributed by atoms with E-state index in [-0.39, 0.29) is 24.2 Å². The first kappa shape index (κ1) is 23.7. The fraction of sp³-hybridized carbons (Fsp3) is 0.444. The average molecular weight is 496 g/mol. The van der Waals surface area contributed by atoms with Crippen LogP contribution in [0.1, 0.15) is 48.9 Å². The Hall–Kier alpha value is -3.06. The molecule has 1 spiro atoms. The first-order chi connectivity index (χ1) is 16.9. The number of ether oxygens (including phenoxy) is 1. The predicted octanol–water partition coefficient (Wildman–Crippen LogP) is 4.51. The maximum absolute atomic E-state index is 13.2. The Balaban J connectivity index is 1.22. The zero-order chi connectivity index (χ0) is 24.4. The van der Waals surface area contributed by atoms with E-state index in [1.807, 2.05) is 29.2 Å². The number of benzene rings is 2. The minimum atomic E-state index is -0.671. The maximum Gasteiger partial charge on any atom is 0.307 e. The van der Waals surface area contributed by atoms with Crippen molar-refractivity contribution in [2.24, 2.45) is 5.92 Å². The molecule has 2 heterocycles. The van der Waals surface area contributed by atoms with Crippen molar-refractivity contribution in [1.29, 1.82) is 0 Å². The van der Waals surface area contributed by atoms with Crippen LogP contribution in [0, 0.1) is 5.92 Å². The average Bonchev–Trinajstić information content (AvgIpc) is 3.19. The summed E-state index contributed by atoms with van der Waals surface area (Å²) in [7, 11) is 0. The second-order valence-electron chi connectivity index (χ2n) is 9.69. The van der Waals surface area contributed by atoms with Gasteiger partial charge in [-0.15, -0.1) is 0 Å². The SMILES string of the molecule is O=C1C[C@H](C(=O)Nc2cccc(C(=O)N3CCN(c4cccc(Cl)c4)CC3)c2)C2(CCCCC2)O1. The lowest BCUT2D eigenvalue weighted by Crippen LogP contribution is -2.48. The monoisotopic (exact) mass is 495 g/mol. The molecule has 0 bridgehead atoms. The molecule has 184 valence electrons. The number of nitrogens with zero attached hydrogens (tertiary/aromatic N) is 2. The molecule has 2 aromatic rings. The molecule has 0 aromatic heterocycles. The highest BCUT2D eigenvalue weighted by molar-refractivity contribution is 6.30. The number of anilines is 2. The Morgan fingerprint density at radius 1 is 0.971 bits per heavy atom. The number of carbonyl (C=O) groups excluding carboxylic acids is 3. The third kappa shape index (κ3) is 5.01. The molecule has 2 saturated heterocycles. The Labute approximate surface area is 210 Å².